The Morgan fingerprint density at radius 3 is 2.75 bits per heavy atom. The molecule has 0 fully saturated rings. The minimum absolute atomic E-state index is 0.250. The average molecular weight is 159 g/mol. The van der Waals surface area contributed by atoms with Crippen LogP contribution in [0.1, 0.15) is 5.56 Å². The molecule has 2 aromatic rings. The molecule has 4 heteroatoms. The van der Waals surface area contributed by atoms with Gasteiger partial charge in [0.15, 0.2) is 0 Å². The lowest BCUT2D eigenvalue weighted by Crippen LogP contribution is -1.99. The number of imidazole rings is 1. The summed E-state index contributed by atoms with van der Waals surface area (Å²) in [5, 5.41) is 8.55. The minimum atomic E-state index is -0.250. The summed E-state index contributed by atoms with van der Waals surface area (Å²) in [4.78, 5) is 16.0. The SMILES string of the molecule is N#Cc1ccc2[nH]c(=O)[nH]c2c1. The van der Waals surface area contributed by atoms with Crippen molar-refractivity contribution in [1.82, 2.24) is 9.97 Å². The lowest BCUT2D eigenvalue weighted by Gasteiger charge is -1.87. The molecule has 2 rings (SSSR count). The molecular formula is C8H5N3O. The van der Waals surface area contributed by atoms with Crippen molar-refractivity contribution in [2.24, 2.45) is 0 Å². The zero-order valence-electron chi connectivity index (χ0n) is 6.09. The Kier molecular flexibility index (Phi) is 1.25. The summed E-state index contributed by atoms with van der Waals surface area (Å²) >= 11 is 0. The quantitative estimate of drug-likeness (QED) is 0.594. The van der Waals surface area contributed by atoms with E-state index in [1.165, 1.54) is 0 Å². The van der Waals surface area contributed by atoms with Gasteiger partial charge in [-0.1, -0.05) is 0 Å². The molecule has 0 amide bonds. The largest absolute Gasteiger partial charge is 0.323 e. The number of nitriles is 1. The van der Waals surface area contributed by atoms with E-state index in [1.54, 1.807) is 18.2 Å². The predicted molar refractivity (Wildman–Crippen MR) is 43.6 cm³/mol. The van der Waals surface area contributed by atoms with E-state index in [2.05, 4.69) is 9.97 Å². The van der Waals surface area contributed by atoms with Gasteiger partial charge in [-0.3, -0.25) is 0 Å². The summed E-state index contributed by atoms with van der Waals surface area (Å²) in [6.45, 7) is 0. The Morgan fingerprint density at radius 2 is 2.00 bits per heavy atom. The van der Waals surface area contributed by atoms with Crippen LogP contribution in [0.5, 0.6) is 0 Å². The summed E-state index contributed by atoms with van der Waals surface area (Å²) in [5.74, 6) is 0. The predicted octanol–water partition coefficient (Wildman–Crippen LogP) is 0.728. The van der Waals surface area contributed by atoms with E-state index in [-0.39, 0.29) is 5.69 Å². The molecule has 0 spiro atoms. The molecule has 1 heterocycles. The maximum atomic E-state index is 10.8. The lowest BCUT2D eigenvalue weighted by atomic mass is 10.2. The van der Waals surface area contributed by atoms with Gasteiger partial charge in [0, 0.05) is 0 Å². The number of fused-ring (bicyclic) bond motifs is 1. The number of aromatic amines is 2. The van der Waals surface area contributed by atoms with E-state index in [1.807, 2.05) is 6.07 Å². The maximum absolute atomic E-state index is 10.8. The van der Waals surface area contributed by atoms with Gasteiger partial charge in [-0.25, -0.2) is 4.79 Å². The molecule has 1 aromatic heterocycles. The van der Waals surface area contributed by atoms with Crippen molar-refractivity contribution >= 4 is 11.0 Å². The van der Waals surface area contributed by atoms with Gasteiger partial charge < -0.3 is 9.97 Å². The van der Waals surface area contributed by atoms with E-state index in [0.29, 0.717) is 11.1 Å². The highest BCUT2D eigenvalue weighted by molar-refractivity contribution is 5.75. The Labute approximate surface area is 67.5 Å². The second-order valence-electron chi connectivity index (χ2n) is 2.45. The molecule has 0 saturated heterocycles. The molecule has 0 aliphatic heterocycles. The average Bonchev–Trinajstić information content (AvgIpc) is 2.43. The molecule has 0 atom stereocenters. The molecule has 2 N–H and O–H groups in total. The van der Waals surface area contributed by atoms with Crippen LogP contribution < -0.4 is 5.69 Å². The Bertz CT molecular complexity index is 515. The van der Waals surface area contributed by atoms with Gasteiger partial charge in [0.1, 0.15) is 0 Å². The van der Waals surface area contributed by atoms with Gasteiger partial charge in [0.05, 0.1) is 22.7 Å². The topological polar surface area (TPSA) is 72.4 Å². The fourth-order valence-electron chi connectivity index (χ4n) is 1.10. The van der Waals surface area contributed by atoms with Crippen molar-refractivity contribution in [2.75, 3.05) is 0 Å². The van der Waals surface area contributed by atoms with Crippen LogP contribution in [0.25, 0.3) is 11.0 Å². The monoisotopic (exact) mass is 159 g/mol. The van der Waals surface area contributed by atoms with Crippen LogP contribution in [0.4, 0.5) is 0 Å². The van der Waals surface area contributed by atoms with Crippen LogP contribution in [-0.2, 0) is 0 Å². The number of hydrogen-bond acceptors (Lipinski definition) is 2. The number of rotatable bonds is 0. The number of nitrogens with zero attached hydrogens (tertiary/aromatic N) is 1. The molecule has 0 aliphatic carbocycles. The van der Waals surface area contributed by atoms with Crippen molar-refractivity contribution in [3.8, 4) is 6.07 Å². The molecule has 12 heavy (non-hydrogen) atoms. The number of aromatic nitrogens is 2. The van der Waals surface area contributed by atoms with Crippen molar-refractivity contribution in [1.29, 1.82) is 5.26 Å². The summed E-state index contributed by atoms with van der Waals surface area (Å²) < 4.78 is 0. The van der Waals surface area contributed by atoms with Crippen molar-refractivity contribution in [2.45, 2.75) is 0 Å². The van der Waals surface area contributed by atoms with Crippen LogP contribution in [-0.4, -0.2) is 9.97 Å². The first kappa shape index (κ1) is 6.68. The summed E-state index contributed by atoms with van der Waals surface area (Å²) in [6.07, 6.45) is 0. The molecule has 1 aromatic carbocycles. The molecular weight excluding hydrogens is 154 g/mol. The third-order valence-corrected chi connectivity index (χ3v) is 1.65. The maximum Gasteiger partial charge on any atom is 0.323 e. The molecule has 0 radical (unpaired) electrons. The minimum Gasteiger partial charge on any atom is -0.306 e. The van der Waals surface area contributed by atoms with Crippen LogP contribution in [0.3, 0.4) is 0 Å². The second-order valence-corrected chi connectivity index (χ2v) is 2.45. The number of H-pyrrole nitrogens is 2. The first-order valence-electron chi connectivity index (χ1n) is 3.42. The van der Waals surface area contributed by atoms with Crippen LogP contribution in [0.15, 0.2) is 23.0 Å². The van der Waals surface area contributed by atoms with Gasteiger partial charge >= 0.3 is 5.69 Å². The van der Waals surface area contributed by atoms with Crippen molar-refractivity contribution in [3.05, 3.63) is 34.2 Å². The highest BCUT2D eigenvalue weighted by Gasteiger charge is 1.97. The van der Waals surface area contributed by atoms with Gasteiger partial charge in [-0.05, 0) is 18.2 Å². The summed E-state index contributed by atoms with van der Waals surface area (Å²) in [5.41, 5.74) is 1.68. The number of nitrogens with one attached hydrogen (secondary N) is 2. The van der Waals surface area contributed by atoms with Crippen LogP contribution in [0.2, 0.25) is 0 Å². The molecule has 4 nitrogen and oxygen atoms in total. The molecule has 0 saturated carbocycles. The van der Waals surface area contributed by atoms with E-state index in [9.17, 15) is 4.79 Å². The Morgan fingerprint density at radius 1 is 1.25 bits per heavy atom. The third kappa shape index (κ3) is 0.883. The van der Waals surface area contributed by atoms with E-state index in [4.69, 9.17) is 5.26 Å². The van der Waals surface area contributed by atoms with Crippen LogP contribution >= 0.6 is 0 Å². The first-order valence-corrected chi connectivity index (χ1v) is 3.42. The van der Waals surface area contributed by atoms with Crippen molar-refractivity contribution < 1.29 is 0 Å². The normalized spacial score (nSPS) is 9.92. The smallest absolute Gasteiger partial charge is 0.306 e. The van der Waals surface area contributed by atoms with Crippen molar-refractivity contribution in [3.63, 3.8) is 0 Å². The highest BCUT2D eigenvalue weighted by Crippen LogP contribution is 2.08. The third-order valence-electron chi connectivity index (χ3n) is 1.65. The van der Waals surface area contributed by atoms with Gasteiger partial charge in [0.25, 0.3) is 0 Å². The van der Waals surface area contributed by atoms with E-state index < -0.39 is 0 Å². The Balaban J connectivity index is 2.85. The van der Waals surface area contributed by atoms with Crippen LogP contribution in [0, 0.1) is 11.3 Å². The standard InChI is InChI=1S/C8H5N3O/c9-4-5-1-2-6-7(3-5)11-8(12)10-6/h1-3H,(H2,10,11,12). The summed E-state index contributed by atoms with van der Waals surface area (Å²) in [6, 6.07) is 6.98. The molecule has 58 valence electrons. The van der Waals surface area contributed by atoms with E-state index >= 15 is 0 Å². The number of hydrogen-bond donors (Lipinski definition) is 2. The fraction of sp³-hybridized carbons (Fsp3) is 0. The van der Waals surface area contributed by atoms with Gasteiger partial charge in [-0.2, -0.15) is 5.26 Å². The first-order chi connectivity index (χ1) is 5.79. The molecule has 0 aliphatic rings. The molecule has 0 bridgehead atoms. The lowest BCUT2D eigenvalue weighted by molar-refractivity contribution is 1.21. The number of benzene rings is 1. The molecule has 0 unspecified atom stereocenters. The van der Waals surface area contributed by atoms with E-state index in [0.717, 1.165) is 5.52 Å². The zero-order chi connectivity index (χ0) is 8.55. The zero-order valence-corrected chi connectivity index (χ0v) is 6.09. The fourth-order valence-corrected chi connectivity index (χ4v) is 1.10. The Hall–Kier alpha value is -2.02. The van der Waals surface area contributed by atoms with Gasteiger partial charge in [-0.15, -0.1) is 0 Å². The second kappa shape index (κ2) is 2.24. The summed E-state index contributed by atoms with van der Waals surface area (Å²) in [7, 11) is 0. The highest BCUT2D eigenvalue weighted by atomic mass is 16.1. The van der Waals surface area contributed by atoms with Gasteiger partial charge in [0.2, 0.25) is 0 Å².